The molecule has 25 heavy (non-hydrogen) atoms. The van der Waals surface area contributed by atoms with Gasteiger partial charge < -0.3 is 14.9 Å². The standard InChI is InChI=1S/C19H21ClO5/c1-11-7-5-3-4-6-8-13(21)9-14-17(19(24)25-12(11)2)15(22)10-16(23)18(14)20/h5-8,10-12,22-23H,3-4,9H2,1-2H3/b7-5+,8-6+/t11-,12+/m0/s1. The molecule has 0 saturated carbocycles. The molecule has 0 saturated heterocycles. The fraction of sp³-hybridized carbons (Fsp3) is 0.368. The minimum absolute atomic E-state index is 0.0179. The van der Waals surface area contributed by atoms with Crippen LogP contribution >= 0.6 is 11.6 Å². The molecule has 0 aromatic heterocycles. The maximum absolute atomic E-state index is 12.5. The molecule has 0 aliphatic carbocycles. The highest BCUT2D eigenvalue weighted by molar-refractivity contribution is 6.33. The summed E-state index contributed by atoms with van der Waals surface area (Å²) in [6.07, 6.45) is 7.92. The van der Waals surface area contributed by atoms with Crippen molar-refractivity contribution in [2.24, 2.45) is 5.92 Å². The summed E-state index contributed by atoms with van der Waals surface area (Å²) < 4.78 is 5.43. The van der Waals surface area contributed by atoms with Crippen LogP contribution in [0, 0.1) is 5.92 Å². The number of phenolic OH excluding ortho intramolecular Hbond substituents is 2. The van der Waals surface area contributed by atoms with Gasteiger partial charge in [-0.2, -0.15) is 0 Å². The second-order valence-corrected chi connectivity index (χ2v) is 6.48. The van der Waals surface area contributed by atoms with E-state index in [0.717, 1.165) is 12.5 Å². The zero-order valence-electron chi connectivity index (χ0n) is 14.2. The number of carbonyl (C=O) groups excluding carboxylic acids is 2. The highest BCUT2D eigenvalue weighted by Crippen LogP contribution is 2.37. The van der Waals surface area contributed by atoms with Gasteiger partial charge in [0, 0.05) is 24.0 Å². The number of ether oxygens (including phenoxy) is 1. The van der Waals surface area contributed by atoms with Gasteiger partial charge in [0.05, 0.1) is 5.02 Å². The number of fused-ring (bicyclic) bond motifs is 1. The third-order valence-corrected chi connectivity index (χ3v) is 4.57. The maximum atomic E-state index is 12.5. The molecular formula is C19H21ClO5. The number of hydrogen-bond donors (Lipinski definition) is 2. The van der Waals surface area contributed by atoms with Crippen molar-refractivity contribution in [1.29, 1.82) is 0 Å². The van der Waals surface area contributed by atoms with Crippen LogP contribution in [-0.4, -0.2) is 28.1 Å². The van der Waals surface area contributed by atoms with Crippen molar-refractivity contribution in [3.05, 3.63) is 46.5 Å². The van der Waals surface area contributed by atoms with Crippen LogP contribution < -0.4 is 0 Å². The Hall–Kier alpha value is -2.27. The lowest BCUT2D eigenvalue weighted by Crippen LogP contribution is -2.22. The van der Waals surface area contributed by atoms with Crippen LogP contribution in [-0.2, 0) is 16.0 Å². The van der Waals surface area contributed by atoms with Gasteiger partial charge >= 0.3 is 5.97 Å². The first-order chi connectivity index (χ1) is 11.8. The lowest BCUT2D eigenvalue weighted by molar-refractivity contribution is -0.114. The number of cyclic esters (lactones) is 1. The largest absolute Gasteiger partial charge is 0.507 e. The van der Waals surface area contributed by atoms with Crippen molar-refractivity contribution in [2.45, 2.75) is 39.2 Å². The third-order valence-electron chi connectivity index (χ3n) is 4.15. The number of allylic oxidation sites excluding steroid dienone is 3. The Morgan fingerprint density at radius 2 is 1.80 bits per heavy atom. The highest BCUT2D eigenvalue weighted by Gasteiger charge is 2.26. The monoisotopic (exact) mass is 364 g/mol. The summed E-state index contributed by atoms with van der Waals surface area (Å²) in [4.78, 5) is 24.7. The van der Waals surface area contributed by atoms with E-state index in [2.05, 4.69) is 0 Å². The predicted molar refractivity (Wildman–Crippen MR) is 95.0 cm³/mol. The molecule has 0 amide bonds. The third kappa shape index (κ3) is 4.63. The number of hydrogen-bond acceptors (Lipinski definition) is 5. The van der Waals surface area contributed by atoms with Gasteiger partial charge in [-0.15, -0.1) is 0 Å². The molecule has 5 nitrogen and oxygen atoms in total. The summed E-state index contributed by atoms with van der Waals surface area (Å²) in [6.45, 7) is 3.67. The summed E-state index contributed by atoms with van der Waals surface area (Å²) in [6, 6.07) is 0.972. The summed E-state index contributed by atoms with van der Waals surface area (Å²) in [5, 5.41) is 19.8. The fourth-order valence-corrected chi connectivity index (χ4v) is 2.74. The Labute approximate surface area is 151 Å². The van der Waals surface area contributed by atoms with Crippen molar-refractivity contribution in [1.82, 2.24) is 0 Å². The zero-order valence-corrected chi connectivity index (χ0v) is 14.9. The van der Waals surface area contributed by atoms with Gasteiger partial charge in [-0.05, 0) is 25.8 Å². The van der Waals surface area contributed by atoms with Crippen LogP contribution in [0.15, 0.2) is 30.4 Å². The van der Waals surface area contributed by atoms with Gasteiger partial charge in [-0.3, -0.25) is 4.79 Å². The van der Waals surface area contributed by atoms with E-state index in [-0.39, 0.29) is 34.3 Å². The molecule has 2 atom stereocenters. The van der Waals surface area contributed by atoms with E-state index in [9.17, 15) is 19.8 Å². The first-order valence-corrected chi connectivity index (χ1v) is 8.49. The molecule has 1 aliphatic heterocycles. The Balaban J connectivity index is 2.52. The van der Waals surface area contributed by atoms with Crippen molar-refractivity contribution in [3.63, 3.8) is 0 Å². The summed E-state index contributed by atoms with van der Waals surface area (Å²) in [5.41, 5.74) is -0.129. The first-order valence-electron chi connectivity index (χ1n) is 8.11. The van der Waals surface area contributed by atoms with Crippen molar-refractivity contribution >= 4 is 23.4 Å². The molecule has 6 heteroatoms. The first kappa shape index (κ1) is 19.1. The van der Waals surface area contributed by atoms with Crippen LogP contribution in [0.3, 0.4) is 0 Å². The molecule has 2 N–H and O–H groups in total. The molecule has 0 radical (unpaired) electrons. The van der Waals surface area contributed by atoms with E-state index in [1.54, 1.807) is 13.0 Å². The van der Waals surface area contributed by atoms with E-state index in [1.807, 2.05) is 19.1 Å². The molecule has 1 aromatic rings. The second-order valence-electron chi connectivity index (χ2n) is 6.10. The van der Waals surface area contributed by atoms with Crippen LogP contribution in [0.5, 0.6) is 11.5 Å². The molecular weight excluding hydrogens is 344 g/mol. The van der Waals surface area contributed by atoms with Crippen molar-refractivity contribution in [3.8, 4) is 11.5 Å². The zero-order chi connectivity index (χ0) is 18.6. The highest BCUT2D eigenvalue weighted by atomic mass is 35.5. The average Bonchev–Trinajstić information content (AvgIpc) is 2.54. The summed E-state index contributed by atoms with van der Waals surface area (Å²) in [7, 11) is 0. The number of ketones is 1. The van der Waals surface area contributed by atoms with E-state index < -0.39 is 23.6 Å². The quantitative estimate of drug-likeness (QED) is 0.538. The second kappa shape index (κ2) is 8.21. The fourth-order valence-electron chi connectivity index (χ4n) is 2.52. The molecule has 0 fully saturated rings. The minimum atomic E-state index is -0.781. The van der Waals surface area contributed by atoms with E-state index in [0.29, 0.717) is 6.42 Å². The number of aromatic hydroxyl groups is 2. The average molecular weight is 365 g/mol. The minimum Gasteiger partial charge on any atom is -0.507 e. The van der Waals surface area contributed by atoms with Crippen molar-refractivity contribution in [2.75, 3.05) is 0 Å². The molecule has 0 spiro atoms. The number of benzene rings is 1. The lowest BCUT2D eigenvalue weighted by atomic mass is 9.99. The molecule has 1 heterocycles. The summed E-state index contributed by atoms with van der Waals surface area (Å²) in [5.74, 6) is -1.95. The lowest BCUT2D eigenvalue weighted by Gasteiger charge is -2.20. The van der Waals surface area contributed by atoms with Crippen molar-refractivity contribution < 1.29 is 24.5 Å². The maximum Gasteiger partial charge on any atom is 0.342 e. The van der Waals surface area contributed by atoms with Gasteiger partial charge in [0.1, 0.15) is 23.2 Å². The summed E-state index contributed by atoms with van der Waals surface area (Å²) >= 11 is 6.07. The van der Waals surface area contributed by atoms with Crippen LogP contribution in [0.1, 0.15) is 42.6 Å². The smallest absolute Gasteiger partial charge is 0.342 e. The van der Waals surface area contributed by atoms with E-state index in [1.165, 1.54) is 6.08 Å². The molecule has 1 aliphatic rings. The molecule has 0 bridgehead atoms. The number of esters is 1. The molecule has 134 valence electrons. The Kier molecular flexibility index (Phi) is 6.26. The van der Waals surface area contributed by atoms with Crippen LogP contribution in [0.2, 0.25) is 5.02 Å². The van der Waals surface area contributed by atoms with Crippen LogP contribution in [0.4, 0.5) is 0 Å². The van der Waals surface area contributed by atoms with Crippen LogP contribution in [0.25, 0.3) is 0 Å². The van der Waals surface area contributed by atoms with Gasteiger partial charge in [0.2, 0.25) is 0 Å². The van der Waals surface area contributed by atoms with Gasteiger partial charge in [0.25, 0.3) is 0 Å². The molecule has 1 aromatic carbocycles. The Bertz CT molecular complexity index is 736. The van der Waals surface area contributed by atoms with Gasteiger partial charge in [0.15, 0.2) is 5.78 Å². The predicted octanol–water partition coefficient (Wildman–Crippen LogP) is 3.95. The van der Waals surface area contributed by atoms with E-state index >= 15 is 0 Å². The Morgan fingerprint density at radius 1 is 1.12 bits per heavy atom. The van der Waals surface area contributed by atoms with E-state index in [4.69, 9.17) is 16.3 Å². The SMILES string of the molecule is C[C@H]1/C=C/CC/C=C/C(=O)Cc2c(Cl)c(O)cc(O)c2C(=O)O[C@@H]1C. The topological polar surface area (TPSA) is 83.8 Å². The van der Waals surface area contributed by atoms with Gasteiger partial charge in [-0.25, -0.2) is 4.79 Å². The number of rotatable bonds is 0. The van der Waals surface area contributed by atoms with Gasteiger partial charge in [-0.1, -0.05) is 36.8 Å². The molecule has 2 rings (SSSR count). The number of carbonyl (C=O) groups is 2. The number of halogens is 1. The normalized spacial score (nSPS) is 24.8. The molecule has 0 unspecified atom stereocenters. The Morgan fingerprint density at radius 3 is 2.52 bits per heavy atom. The number of phenols is 2.